The smallest absolute Gasteiger partial charge is 0.330 e. The van der Waals surface area contributed by atoms with Crippen molar-refractivity contribution in [1.29, 1.82) is 0 Å². The highest BCUT2D eigenvalue weighted by Crippen LogP contribution is 2.42. The molecule has 0 aliphatic carbocycles. The summed E-state index contributed by atoms with van der Waals surface area (Å²) in [6.45, 7) is 4.11. The Morgan fingerprint density at radius 2 is 2.00 bits per heavy atom. The third-order valence-corrected chi connectivity index (χ3v) is 4.03. The van der Waals surface area contributed by atoms with Crippen molar-refractivity contribution < 1.29 is 13.2 Å². The number of benzene rings is 1. The van der Waals surface area contributed by atoms with Crippen LogP contribution in [-0.2, 0) is 6.18 Å². The zero-order valence-electron chi connectivity index (χ0n) is 11.7. The maximum atomic E-state index is 13.2. The first-order chi connectivity index (χ1) is 9.49. The van der Waals surface area contributed by atoms with Gasteiger partial charge in [-0.05, 0) is 50.0 Å². The van der Waals surface area contributed by atoms with Crippen LogP contribution in [0, 0.1) is 5.92 Å². The van der Waals surface area contributed by atoms with Crippen molar-refractivity contribution >= 4 is 0 Å². The number of nitrogens with two attached hydrogens (primary N) is 1. The van der Waals surface area contributed by atoms with Gasteiger partial charge >= 0.3 is 6.18 Å². The Balaban J connectivity index is 2.41. The van der Waals surface area contributed by atoms with Gasteiger partial charge in [-0.15, -0.1) is 0 Å². The molecule has 0 bridgehead atoms. The lowest BCUT2D eigenvalue weighted by molar-refractivity contribution is -0.138. The number of alkyl halides is 3. The molecule has 2 atom stereocenters. The van der Waals surface area contributed by atoms with Crippen LogP contribution in [0.4, 0.5) is 13.2 Å². The number of hydrogen-bond acceptors (Lipinski definition) is 2. The van der Waals surface area contributed by atoms with Gasteiger partial charge in [0, 0.05) is 6.04 Å². The summed E-state index contributed by atoms with van der Waals surface area (Å²) >= 11 is 0. The molecule has 1 aliphatic heterocycles. The normalized spacial score (nSPS) is 24.2. The highest BCUT2D eigenvalue weighted by Gasteiger charge is 2.40. The van der Waals surface area contributed by atoms with Crippen molar-refractivity contribution in [2.75, 3.05) is 19.6 Å². The summed E-state index contributed by atoms with van der Waals surface area (Å²) in [4.78, 5) is 2.14. The van der Waals surface area contributed by atoms with E-state index in [9.17, 15) is 13.2 Å². The average Bonchev–Trinajstić information content (AvgIpc) is 2.81. The summed E-state index contributed by atoms with van der Waals surface area (Å²) in [7, 11) is 0. The minimum atomic E-state index is -4.31. The number of likely N-dealkylation sites (tertiary alicyclic amines) is 1. The molecule has 1 aliphatic rings. The molecule has 1 heterocycles. The second kappa shape index (κ2) is 6.14. The fourth-order valence-corrected chi connectivity index (χ4v) is 3.18. The summed E-state index contributed by atoms with van der Waals surface area (Å²) < 4.78 is 39.6. The van der Waals surface area contributed by atoms with Crippen LogP contribution in [-0.4, -0.2) is 24.5 Å². The van der Waals surface area contributed by atoms with Crippen LogP contribution in [0.25, 0.3) is 0 Å². The zero-order chi connectivity index (χ0) is 14.8. The van der Waals surface area contributed by atoms with Crippen molar-refractivity contribution in [2.45, 2.75) is 32.0 Å². The van der Waals surface area contributed by atoms with Crippen LogP contribution in [0.1, 0.15) is 36.9 Å². The van der Waals surface area contributed by atoms with E-state index in [4.69, 9.17) is 5.73 Å². The zero-order valence-corrected chi connectivity index (χ0v) is 11.7. The van der Waals surface area contributed by atoms with Crippen LogP contribution in [0.2, 0.25) is 0 Å². The molecular weight excluding hydrogens is 265 g/mol. The second-order valence-electron chi connectivity index (χ2n) is 5.35. The summed E-state index contributed by atoms with van der Waals surface area (Å²) in [6.07, 6.45) is -2.51. The van der Waals surface area contributed by atoms with Crippen LogP contribution >= 0.6 is 0 Å². The summed E-state index contributed by atoms with van der Waals surface area (Å²) in [5.41, 5.74) is 5.63. The Kier molecular flexibility index (Phi) is 4.70. The summed E-state index contributed by atoms with van der Waals surface area (Å²) in [6, 6.07) is 5.69. The lowest BCUT2D eigenvalue weighted by Crippen LogP contribution is -2.30. The van der Waals surface area contributed by atoms with Crippen LogP contribution in [0.5, 0.6) is 0 Å². The number of rotatable bonds is 4. The van der Waals surface area contributed by atoms with E-state index in [1.54, 1.807) is 12.1 Å². The van der Waals surface area contributed by atoms with Crippen LogP contribution < -0.4 is 5.73 Å². The van der Waals surface area contributed by atoms with E-state index in [0.717, 1.165) is 25.9 Å². The number of halogens is 3. The first-order valence-electron chi connectivity index (χ1n) is 7.09. The van der Waals surface area contributed by atoms with E-state index < -0.39 is 11.7 Å². The molecule has 1 saturated heterocycles. The Hall–Kier alpha value is -1.07. The van der Waals surface area contributed by atoms with E-state index in [1.807, 2.05) is 6.92 Å². The van der Waals surface area contributed by atoms with E-state index in [2.05, 4.69) is 4.90 Å². The third kappa shape index (κ3) is 2.99. The Morgan fingerprint density at radius 1 is 1.30 bits per heavy atom. The molecule has 0 spiro atoms. The topological polar surface area (TPSA) is 29.3 Å². The average molecular weight is 286 g/mol. The molecule has 0 aromatic heterocycles. The summed E-state index contributed by atoms with van der Waals surface area (Å²) in [5, 5.41) is 0. The van der Waals surface area contributed by atoms with Gasteiger partial charge in [0.1, 0.15) is 0 Å². The standard InChI is InChI=1S/C15H21F3N2/c1-2-8-20-9-7-11(10-19)14(20)12-5-3-4-6-13(12)15(16,17)18/h3-6,11,14H,2,7-10,19H2,1H3. The maximum Gasteiger partial charge on any atom is 0.416 e. The monoisotopic (exact) mass is 286 g/mol. The Bertz CT molecular complexity index is 445. The van der Waals surface area contributed by atoms with Gasteiger partial charge in [0.25, 0.3) is 0 Å². The molecule has 1 aromatic carbocycles. The van der Waals surface area contributed by atoms with Gasteiger partial charge in [0.05, 0.1) is 5.56 Å². The van der Waals surface area contributed by atoms with Gasteiger partial charge < -0.3 is 5.73 Å². The number of hydrogen-bond donors (Lipinski definition) is 1. The fourth-order valence-electron chi connectivity index (χ4n) is 3.18. The Labute approximate surface area is 117 Å². The van der Waals surface area contributed by atoms with Crippen molar-refractivity contribution in [3.05, 3.63) is 35.4 Å². The van der Waals surface area contributed by atoms with Gasteiger partial charge in [-0.3, -0.25) is 4.90 Å². The molecule has 2 N–H and O–H groups in total. The van der Waals surface area contributed by atoms with E-state index in [-0.39, 0.29) is 12.0 Å². The Morgan fingerprint density at radius 3 is 2.60 bits per heavy atom. The van der Waals surface area contributed by atoms with Gasteiger partial charge in [0.2, 0.25) is 0 Å². The first-order valence-corrected chi connectivity index (χ1v) is 7.09. The SMILES string of the molecule is CCCN1CCC(CN)C1c1ccccc1C(F)(F)F. The second-order valence-corrected chi connectivity index (χ2v) is 5.35. The van der Waals surface area contributed by atoms with Crippen molar-refractivity contribution in [3.8, 4) is 0 Å². The minimum Gasteiger partial charge on any atom is -0.330 e. The molecule has 1 fully saturated rings. The predicted molar refractivity (Wildman–Crippen MR) is 73.2 cm³/mol. The highest BCUT2D eigenvalue weighted by atomic mass is 19.4. The van der Waals surface area contributed by atoms with E-state index >= 15 is 0 Å². The molecule has 112 valence electrons. The molecule has 0 saturated carbocycles. The van der Waals surface area contributed by atoms with E-state index in [1.165, 1.54) is 12.1 Å². The molecule has 0 amide bonds. The third-order valence-electron chi connectivity index (χ3n) is 4.03. The van der Waals surface area contributed by atoms with Gasteiger partial charge in [-0.1, -0.05) is 25.1 Å². The largest absolute Gasteiger partial charge is 0.416 e. The maximum absolute atomic E-state index is 13.2. The predicted octanol–water partition coefficient (Wildman–Crippen LogP) is 3.44. The molecule has 0 radical (unpaired) electrons. The lowest BCUT2D eigenvalue weighted by Gasteiger charge is -2.30. The van der Waals surface area contributed by atoms with Gasteiger partial charge in [0.15, 0.2) is 0 Å². The quantitative estimate of drug-likeness (QED) is 0.918. The van der Waals surface area contributed by atoms with E-state index in [0.29, 0.717) is 12.1 Å². The van der Waals surface area contributed by atoms with Gasteiger partial charge in [-0.25, -0.2) is 0 Å². The molecule has 2 unspecified atom stereocenters. The van der Waals surface area contributed by atoms with Gasteiger partial charge in [-0.2, -0.15) is 13.2 Å². The van der Waals surface area contributed by atoms with Crippen LogP contribution in [0.3, 0.4) is 0 Å². The molecule has 2 nitrogen and oxygen atoms in total. The minimum absolute atomic E-state index is 0.102. The molecule has 2 rings (SSSR count). The molecule has 20 heavy (non-hydrogen) atoms. The number of nitrogens with zero attached hydrogens (tertiary/aromatic N) is 1. The first kappa shape index (κ1) is 15.3. The molecule has 1 aromatic rings. The highest BCUT2D eigenvalue weighted by molar-refractivity contribution is 5.33. The van der Waals surface area contributed by atoms with Crippen LogP contribution in [0.15, 0.2) is 24.3 Å². The lowest BCUT2D eigenvalue weighted by atomic mass is 9.90. The van der Waals surface area contributed by atoms with Crippen molar-refractivity contribution in [1.82, 2.24) is 4.90 Å². The van der Waals surface area contributed by atoms with Crippen molar-refractivity contribution in [3.63, 3.8) is 0 Å². The summed E-state index contributed by atoms with van der Waals surface area (Å²) in [5.74, 6) is 0.102. The van der Waals surface area contributed by atoms with Crippen molar-refractivity contribution in [2.24, 2.45) is 11.7 Å². The molecular formula is C15H21F3N2. The molecule has 5 heteroatoms. The fraction of sp³-hybridized carbons (Fsp3) is 0.600.